The number of aliphatic imine (C=N–C) groups is 1. The smallest absolute Gasteiger partial charge is 0.274 e. The summed E-state index contributed by atoms with van der Waals surface area (Å²) in [5, 5.41) is 8.78. The number of nitrogens with zero attached hydrogens (tertiary/aromatic N) is 3. The maximum Gasteiger partial charge on any atom is 0.274 e. The van der Waals surface area contributed by atoms with Gasteiger partial charge in [-0.25, -0.2) is 5.48 Å². The van der Waals surface area contributed by atoms with Gasteiger partial charge in [0.25, 0.3) is 11.8 Å². The number of nitrogens with one attached hydrogen (secondary N) is 1. The van der Waals surface area contributed by atoms with Gasteiger partial charge in [-0.2, -0.15) is 0 Å². The fourth-order valence-electron chi connectivity index (χ4n) is 4.78. The Morgan fingerprint density at radius 1 is 1.03 bits per heavy atom. The van der Waals surface area contributed by atoms with Crippen molar-refractivity contribution in [3.05, 3.63) is 76.9 Å². The summed E-state index contributed by atoms with van der Waals surface area (Å²) in [4.78, 5) is 33.7. The van der Waals surface area contributed by atoms with Crippen molar-refractivity contribution in [1.82, 2.24) is 15.3 Å². The van der Waals surface area contributed by atoms with E-state index in [2.05, 4.69) is 36.7 Å². The van der Waals surface area contributed by atoms with Crippen LogP contribution in [0, 0.1) is 5.92 Å². The standard InChI is InChI=1S/C27H32N4O3/c1-18-11-25(14-28-13-18)23-5-4-6-24(12-23)27(33)30-15-19(2)31(20(3)16-30)17-21-7-9-22(10-8-21)26(32)29-34/h4-12,14,18-20,34H,13,15-17H2,1-3H3,(H,29,32)/t18?,19-,20+. The van der Waals surface area contributed by atoms with Crippen LogP contribution in [0.15, 0.2) is 59.6 Å². The van der Waals surface area contributed by atoms with Crippen molar-refractivity contribution >= 4 is 23.6 Å². The Bertz CT molecular complexity index is 1100. The lowest BCUT2D eigenvalue weighted by Gasteiger charge is -2.44. The third-order valence-corrected chi connectivity index (χ3v) is 6.60. The van der Waals surface area contributed by atoms with Gasteiger partial charge in [-0.3, -0.25) is 24.7 Å². The Balaban J connectivity index is 1.43. The quantitative estimate of drug-likeness (QED) is 0.527. The van der Waals surface area contributed by atoms with Crippen molar-refractivity contribution in [2.24, 2.45) is 10.9 Å². The van der Waals surface area contributed by atoms with Crippen LogP contribution in [-0.2, 0) is 6.54 Å². The molecule has 4 rings (SSSR count). The second-order valence-electron chi connectivity index (χ2n) is 9.39. The molecule has 1 fully saturated rings. The van der Waals surface area contributed by atoms with Crippen LogP contribution in [0.1, 0.15) is 52.6 Å². The molecule has 2 aromatic rings. The van der Waals surface area contributed by atoms with Gasteiger partial charge in [0, 0.05) is 55.6 Å². The molecule has 3 atom stereocenters. The van der Waals surface area contributed by atoms with E-state index in [-0.39, 0.29) is 18.0 Å². The lowest BCUT2D eigenvalue weighted by molar-refractivity contribution is 0.0269. The zero-order chi connectivity index (χ0) is 24.2. The molecule has 1 unspecified atom stereocenters. The minimum absolute atomic E-state index is 0.0564. The number of rotatable bonds is 5. The normalized spacial score (nSPS) is 22.9. The van der Waals surface area contributed by atoms with E-state index >= 15 is 0 Å². The van der Waals surface area contributed by atoms with Gasteiger partial charge in [0.2, 0.25) is 0 Å². The zero-order valence-corrected chi connectivity index (χ0v) is 19.9. The molecule has 0 bridgehead atoms. The van der Waals surface area contributed by atoms with Crippen LogP contribution < -0.4 is 5.48 Å². The second-order valence-corrected chi connectivity index (χ2v) is 9.39. The lowest BCUT2D eigenvalue weighted by atomic mass is 9.97. The van der Waals surface area contributed by atoms with Crippen LogP contribution in [0.3, 0.4) is 0 Å². The molecule has 1 saturated heterocycles. The minimum atomic E-state index is -0.522. The molecular formula is C27H32N4O3. The molecule has 0 spiro atoms. The number of hydrogen-bond acceptors (Lipinski definition) is 5. The average molecular weight is 461 g/mol. The summed E-state index contributed by atoms with van der Waals surface area (Å²) >= 11 is 0. The molecule has 2 amide bonds. The number of benzene rings is 2. The van der Waals surface area contributed by atoms with Crippen LogP contribution in [0.25, 0.3) is 5.57 Å². The summed E-state index contributed by atoms with van der Waals surface area (Å²) in [5.74, 6) is -0.0656. The molecule has 0 radical (unpaired) electrons. The average Bonchev–Trinajstić information content (AvgIpc) is 2.85. The first-order valence-corrected chi connectivity index (χ1v) is 11.8. The van der Waals surface area contributed by atoms with E-state index in [4.69, 9.17) is 5.21 Å². The highest BCUT2D eigenvalue weighted by Crippen LogP contribution is 2.24. The molecule has 7 nitrogen and oxygen atoms in total. The second kappa shape index (κ2) is 10.3. The van der Waals surface area contributed by atoms with Crippen molar-refractivity contribution < 1.29 is 14.8 Å². The van der Waals surface area contributed by atoms with Crippen LogP contribution in [0.2, 0.25) is 0 Å². The van der Waals surface area contributed by atoms with Crippen LogP contribution in [0.4, 0.5) is 0 Å². The summed E-state index contributed by atoms with van der Waals surface area (Å²) in [6.07, 6.45) is 4.11. The summed E-state index contributed by atoms with van der Waals surface area (Å²) in [6, 6.07) is 15.4. The Hall–Kier alpha value is -3.29. The highest BCUT2D eigenvalue weighted by Gasteiger charge is 2.32. The van der Waals surface area contributed by atoms with Crippen LogP contribution in [-0.4, -0.2) is 64.8 Å². The van der Waals surface area contributed by atoms with Gasteiger partial charge in [-0.1, -0.05) is 37.3 Å². The van der Waals surface area contributed by atoms with Crippen molar-refractivity contribution in [1.29, 1.82) is 0 Å². The third kappa shape index (κ3) is 5.26. The fraction of sp³-hybridized carbons (Fsp3) is 0.370. The number of dihydropyridines is 1. The first-order chi connectivity index (χ1) is 16.4. The summed E-state index contributed by atoms with van der Waals surface area (Å²) in [5.41, 5.74) is 5.95. The predicted octanol–water partition coefficient (Wildman–Crippen LogP) is 3.64. The number of piperazine rings is 1. The molecule has 0 saturated carbocycles. The van der Waals surface area contributed by atoms with Gasteiger partial charge in [0.1, 0.15) is 0 Å². The van der Waals surface area contributed by atoms with Crippen molar-refractivity contribution in [2.45, 2.75) is 39.4 Å². The highest BCUT2D eigenvalue weighted by molar-refractivity contribution is 6.11. The molecule has 2 N–H and O–H groups in total. The number of carbonyl (C=O) groups excluding carboxylic acids is 2. The van der Waals surface area contributed by atoms with Gasteiger partial charge >= 0.3 is 0 Å². The highest BCUT2D eigenvalue weighted by atomic mass is 16.5. The Morgan fingerprint density at radius 2 is 1.74 bits per heavy atom. The first-order valence-electron chi connectivity index (χ1n) is 11.8. The van der Waals surface area contributed by atoms with Crippen molar-refractivity contribution in [3.8, 4) is 0 Å². The van der Waals surface area contributed by atoms with Crippen LogP contribution >= 0.6 is 0 Å². The number of hydrogen-bond donors (Lipinski definition) is 2. The van der Waals surface area contributed by atoms with E-state index in [1.165, 1.54) is 0 Å². The molecular weight excluding hydrogens is 428 g/mol. The summed E-state index contributed by atoms with van der Waals surface area (Å²) in [6.45, 7) is 9.28. The molecule has 2 aromatic carbocycles. The van der Waals surface area contributed by atoms with E-state index in [1.54, 1.807) is 17.6 Å². The maximum atomic E-state index is 13.4. The number of amides is 2. The minimum Gasteiger partial charge on any atom is -0.336 e. The molecule has 2 heterocycles. The maximum absolute atomic E-state index is 13.4. The molecule has 7 heteroatoms. The Kier molecular flexibility index (Phi) is 7.24. The molecule has 2 aliphatic rings. The molecule has 2 aliphatic heterocycles. The summed E-state index contributed by atoms with van der Waals surface area (Å²) in [7, 11) is 0. The Labute approximate surface area is 200 Å². The first kappa shape index (κ1) is 23.9. The molecule has 0 aliphatic carbocycles. The fourth-order valence-corrected chi connectivity index (χ4v) is 4.78. The van der Waals surface area contributed by atoms with E-state index in [1.807, 2.05) is 47.5 Å². The molecule has 0 aromatic heterocycles. The van der Waals surface area contributed by atoms with E-state index < -0.39 is 5.91 Å². The Morgan fingerprint density at radius 3 is 2.38 bits per heavy atom. The van der Waals surface area contributed by atoms with Gasteiger partial charge in [-0.05, 0) is 60.7 Å². The van der Waals surface area contributed by atoms with Gasteiger partial charge < -0.3 is 4.90 Å². The summed E-state index contributed by atoms with van der Waals surface area (Å²) < 4.78 is 0. The molecule has 34 heavy (non-hydrogen) atoms. The third-order valence-electron chi connectivity index (χ3n) is 6.60. The predicted molar refractivity (Wildman–Crippen MR) is 133 cm³/mol. The van der Waals surface area contributed by atoms with Crippen LogP contribution in [0.5, 0.6) is 0 Å². The van der Waals surface area contributed by atoms with E-state index in [9.17, 15) is 9.59 Å². The van der Waals surface area contributed by atoms with Gasteiger partial charge in [-0.15, -0.1) is 0 Å². The monoisotopic (exact) mass is 460 g/mol. The number of hydroxylamine groups is 1. The zero-order valence-electron chi connectivity index (χ0n) is 19.9. The van der Waals surface area contributed by atoms with Gasteiger partial charge in [0.05, 0.1) is 0 Å². The molecule has 178 valence electrons. The number of allylic oxidation sites excluding steroid dienone is 1. The van der Waals surface area contributed by atoms with E-state index in [0.29, 0.717) is 30.1 Å². The SMILES string of the molecule is CC1C=C(c2cccc(C(=O)N3C[C@@H](C)N(Cc4ccc(C(=O)NO)cc4)[C@@H](C)C3)c2)C=NC1. The largest absolute Gasteiger partial charge is 0.336 e. The van der Waals surface area contributed by atoms with Crippen molar-refractivity contribution in [2.75, 3.05) is 19.6 Å². The lowest BCUT2D eigenvalue weighted by Crippen LogP contribution is -2.57. The van der Waals surface area contributed by atoms with Gasteiger partial charge in [0.15, 0.2) is 0 Å². The van der Waals surface area contributed by atoms with E-state index in [0.717, 1.165) is 29.8 Å². The topological polar surface area (TPSA) is 85.2 Å². The van der Waals surface area contributed by atoms with Crippen molar-refractivity contribution in [3.63, 3.8) is 0 Å². The number of carbonyl (C=O) groups is 2.